The van der Waals surface area contributed by atoms with Crippen LogP contribution in [0.25, 0.3) is 17.7 Å². The summed E-state index contributed by atoms with van der Waals surface area (Å²) in [7, 11) is 0. The third-order valence-electron chi connectivity index (χ3n) is 4.02. The largest absolute Gasteiger partial charge is 0.103 e. The zero-order chi connectivity index (χ0) is 21.5. The van der Waals surface area contributed by atoms with Crippen molar-refractivity contribution in [2.75, 3.05) is 0 Å². The van der Waals surface area contributed by atoms with Crippen LogP contribution in [0.4, 0.5) is 0 Å². The highest BCUT2D eigenvalue weighted by atomic mass is 14.1. The second-order valence-corrected chi connectivity index (χ2v) is 6.80. The van der Waals surface area contributed by atoms with E-state index in [-0.39, 0.29) is 7.43 Å². The Morgan fingerprint density at radius 1 is 0.931 bits per heavy atom. The van der Waals surface area contributed by atoms with Gasteiger partial charge in [-0.05, 0) is 72.9 Å². The summed E-state index contributed by atoms with van der Waals surface area (Å²) in [6.45, 7) is 22.2. The maximum Gasteiger partial charge on any atom is -0.0155 e. The van der Waals surface area contributed by atoms with Crippen LogP contribution in [0.3, 0.4) is 0 Å². The molecule has 0 saturated carbocycles. The molecule has 2 aromatic carbocycles. The van der Waals surface area contributed by atoms with Crippen molar-refractivity contribution < 1.29 is 0 Å². The zero-order valence-electron chi connectivity index (χ0n) is 19.0. The molecule has 0 heterocycles. The summed E-state index contributed by atoms with van der Waals surface area (Å²) in [4.78, 5) is 0. The lowest BCUT2D eigenvalue weighted by Crippen LogP contribution is -2.23. The molecule has 0 aromatic heterocycles. The minimum atomic E-state index is 0. The number of hydrogen-bond donors (Lipinski definition) is 0. The van der Waals surface area contributed by atoms with Gasteiger partial charge in [0.15, 0.2) is 0 Å². The van der Waals surface area contributed by atoms with Gasteiger partial charge in [-0.1, -0.05) is 101 Å². The highest BCUT2D eigenvalue weighted by molar-refractivity contribution is 5.82. The summed E-state index contributed by atoms with van der Waals surface area (Å²) in [5.41, 5.74) is 6.42. The number of rotatable bonds is 3. The average molecular weight is 391 g/mol. The standard InChI is InChI=1S/C22H24.C3H8.C3H6.CH4/c1-6-20(22-14-10-8-12-17(22)3)18(4)15-19(5)21-13-9-7-11-16(21)2;2*1-3-2;/h6-15H,2H2,1,3-5H3;3H2,1-2H3;3H,1H2,2H3;1H4/b18-15+,20-6-,21-19-;;;. The summed E-state index contributed by atoms with van der Waals surface area (Å²) >= 11 is 0. The number of aryl methyl sites for hydroxylation is 1. The molecule has 0 nitrogen and oxygen atoms in total. The first-order valence-electron chi connectivity index (χ1n) is 10.1. The topological polar surface area (TPSA) is 0 Å². The van der Waals surface area contributed by atoms with E-state index in [0.29, 0.717) is 0 Å². The Bertz CT molecular complexity index is 892. The molecule has 0 heteroatoms. The number of benzene rings is 2. The Labute approximate surface area is 180 Å². The van der Waals surface area contributed by atoms with E-state index >= 15 is 0 Å². The molecule has 2 rings (SSSR count). The maximum absolute atomic E-state index is 4.12. The van der Waals surface area contributed by atoms with Crippen molar-refractivity contribution in [1.29, 1.82) is 0 Å². The lowest BCUT2D eigenvalue weighted by atomic mass is 9.93. The van der Waals surface area contributed by atoms with Crippen LogP contribution < -0.4 is 10.4 Å². The van der Waals surface area contributed by atoms with Gasteiger partial charge < -0.3 is 0 Å². The van der Waals surface area contributed by atoms with Crippen LogP contribution in [-0.2, 0) is 0 Å². The van der Waals surface area contributed by atoms with Gasteiger partial charge in [0.2, 0.25) is 0 Å². The van der Waals surface area contributed by atoms with Gasteiger partial charge in [0.05, 0.1) is 0 Å². The van der Waals surface area contributed by atoms with Crippen LogP contribution in [0.15, 0.2) is 78.9 Å². The van der Waals surface area contributed by atoms with Gasteiger partial charge in [0.1, 0.15) is 0 Å². The molecule has 0 radical (unpaired) electrons. The second-order valence-electron chi connectivity index (χ2n) is 6.80. The summed E-state index contributed by atoms with van der Waals surface area (Å²) in [6.07, 6.45) is 7.45. The fourth-order valence-electron chi connectivity index (χ4n) is 2.86. The predicted molar refractivity (Wildman–Crippen MR) is 137 cm³/mol. The Hall–Kier alpha value is -2.60. The normalized spacial score (nSPS) is 11.7. The smallest absolute Gasteiger partial charge is 0.0155 e. The van der Waals surface area contributed by atoms with Crippen molar-refractivity contribution in [2.45, 2.75) is 62.3 Å². The molecule has 0 bridgehead atoms. The van der Waals surface area contributed by atoms with Crippen molar-refractivity contribution in [1.82, 2.24) is 0 Å². The van der Waals surface area contributed by atoms with E-state index in [2.05, 4.69) is 109 Å². The van der Waals surface area contributed by atoms with E-state index in [4.69, 9.17) is 0 Å². The fourth-order valence-corrected chi connectivity index (χ4v) is 2.86. The molecule has 0 aliphatic carbocycles. The molecule has 0 N–H and O–H groups in total. The molecule has 29 heavy (non-hydrogen) atoms. The van der Waals surface area contributed by atoms with Gasteiger partial charge in [-0.3, -0.25) is 0 Å². The summed E-state index contributed by atoms with van der Waals surface area (Å²) in [6, 6.07) is 16.8. The molecule has 0 spiro atoms. The van der Waals surface area contributed by atoms with Crippen molar-refractivity contribution >= 4 is 17.7 Å². The molecule has 0 aliphatic rings. The Kier molecular flexibility index (Phi) is 16.1. The zero-order valence-corrected chi connectivity index (χ0v) is 19.0. The highest BCUT2D eigenvalue weighted by Gasteiger charge is 2.05. The minimum absolute atomic E-state index is 0. The lowest BCUT2D eigenvalue weighted by molar-refractivity contribution is 1.09. The molecule has 0 unspecified atom stereocenters. The molecule has 0 fully saturated rings. The monoisotopic (exact) mass is 390 g/mol. The number of hydrogen-bond acceptors (Lipinski definition) is 0. The summed E-state index contributed by atoms with van der Waals surface area (Å²) < 4.78 is 0. The van der Waals surface area contributed by atoms with Crippen LogP contribution in [0.1, 0.15) is 66.5 Å². The Morgan fingerprint density at radius 3 is 1.90 bits per heavy atom. The van der Waals surface area contributed by atoms with E-state index in [1.807, 2.05) is 13.0 Å². The molecule has 2 aromatic rings. The van der Waals surface area contributed by atoms with E-state index in [9.17, 15) is 0 Å². The SMILES string of the molecule is C.C=CC.C=c1cccc/c1=C(C)/C=C(C)/C(=C/C)c1ccccc1C.CCC. The quantitative estimate of drug-likeness (QED) is 0.369. The van der Waals surface area contributed by atoms with Crippen LogP contribution in [-0.4, -0.2) is 0 Å². The predicted octanol–water partition coefficient (Wildman–Crippen LogP) is 7.87. The van der Waals surface area contributed by atoms with Gasteiger partial charge in [-0.25, -0.2) is 0 Å². The maximum atomic E-state index is 4.12. The van der Waals surface area contributed by atoms with Crippen molar-refractivity contribution in [3.63, 3.8) is 0 Å². The van der Waals surface area contributed by atoms with E-state index in [1.165, 1.54) is 39.5 Å². The summed E-state index contributed by atoms with van der Waals surface area (Å²) in [5.74, 6) is 0. The van der Waals surface area contributed by atoms with Gasteiger partial charge in [-0.15, -0.1) is 6.58 Å². The van der Waals surface area contributed by atoms with E-state index in [1.54, 1.807) is 6.08 Å². The molecule has 158 valence electrons. The third-order valence-corrected chi connectivity index (χ3v) is 4.02. The lowest BCUT2D eigenvalue weighted by Gasteiger charge is -2.11. The minimum Gasteiger partial charge on any atom is -0.103 e. The van der Waals surface area contributed by atoms with E-state index in [0.717, 1.165) is 5.22 Å². The van der Waals surface area contributed by atoms with Crippen LogP contribution >= 0.6 is 0 Å². The molecule has 0 aliphatic heterocycles. The van der Waals surface area contributed by atoms with Crippen LogP contribution in [0.2, 0.25) is 0 Å². The van der Waals surface area contributed by atoms with Crippen molar-refractivity contribution in [3.05, 3.63) is 100 Å². The Balaban J connectivity index is 0. The van der Waals surface area contributed by atoms with Crippen LogP contribution in [0.5, 0.6) is 0 Å². The first kappa shape index (κ1) is 28.6. The summed E-state index contributed by atoms with van der Waals surface area (Å²) in [5, 5.41) is 2.28. The first-order chi connectivity index (χ1) is 13.4. The van der Waals surface area contributed by atoms with Gasteiger partial charge in [0, 0.05) is 0 Å². The van der Waals surface area contributed by atoms with Crippen LogP contribution in [0, 0.1) is 6.92 Å². The molecule has 0 atom stereocenters. The van der Waals surface area contributed by atoms with Gasteiger partial charge in [0.25, 0.3) is 0 Å². The first-order valence-corrected chi connectivity index (χ1v) is 10.1. The average Bonchev–Trinajstić information content (AvgIpc) is 2.65. The Morgan fingerprint density at radius 2 is 1.41 bits per heavy atom. The van der Waals surface area contributed by atoms with E-state index < -0.39 is 0 Å². The van der Waals surface area contributed by atoms with Gasteiger partial charge >= 0.3 is 0 Å². The fraction of sp³-hybridized carbons (Fsp3) is 0.310. The van der Waals surface area contributed by atoms with Crippen molar-refractivity contribution in [2.24, 2.45) is 0 Å². The number of allylic oxidation sites excluding steroid dienone is 5. The van der Waals surface area contributed by atoms with Crippen molar-refractivity contribution in [3.8, 4) is 0 Å². The molecule has 0 amide bonds. The molecular formula is C29H42. The molecule has 0 saturated heterocycles. The molecular weight excluding hydrogens is 348 g/mol. The highest BCUT2D eigenvalue weighted by Crippen LogP contribution is 2.26. The van der Waals surface area contributed by atoms with Gasteiger partial charge in [-0.2, -0.15) is 0 Å². The second kappa shape index (κ2) is 16.4. The third kappa shape index (κ3) is 9.94.